The summed E-state index contributed by atoms with van der Waals surface area (Å²) in [6.07, 6.45) is 0. The maximum Gasteiger partial charge on any atom is 0.349 e. The average Bonchev–Trinajstić information content (AvgIpc) is 2.67. The summed E-state index contributed by atoms with van der Waals surface area (Å²) in [5, 5.41) is 0. The van der Waals surface area contributed by atoms with Gasteiger partial charge in [-0.1, -0.05) is 18.2 Å². The van der Waals surface area contributed by atoms with Gasteiger partial charge in [0.15, 0.2) is 5.76 Å². The number of carbonyl (C=O) groups excluding carboxylic acids is 2. The van der Waals surface area contributed by atoms with Crippen molar-refractivity contribution in [3.05, 3.63) is 39.9 Å². The molecule has 0 aromatic heterocycles. The van der Waals surface area contributed by atoms with E-state index in [1.54, 1.807) is 31.2 Å². The molecule has 0 N–H and O–H groups in total. The van der Waals surface area contributed by atoms with Crippen LogP contribution < -0.4 is 0 Å². The highest BCUT2D eigenvalue weighted by atomic mass is 79.9. The minimum Gasteiger partial charge on any atom is -0.462 e. The molecule has 17 heavy (non-hydrogen) atoms. The van der Waals surface area contributed by atoms with Gasteiger partial charge in [0, 0.05) is 5.56 Å². The summed E-state index contributed by atoms with van der Waals surface area (Å²) in [6, 6.07) is 6.87. The molecule has 0 saturated carbocycles. The Kier molecular flexibility index (Phi) is 3.28. The predicted octanol–water partition coefficient (Wildman–Crippen LogP) is 2.48. The Morgan fingerprint density at radius 2 is 2.00 bits per heavy atom. The number of hydrogen-bond acceptors (Lipinski definition) is 4. The van der Waals surface area contributed by atoms with E-state index in [4.69, 9.17) is 9.47 Å². The van der Waals surface area contributed by atoms with Crippen molar-refractivity contribution in [1.82, 2.24) is 0 Å². The van der Waals surface area contributed by atoms with Crippen molar-refractivity contribution >= 4 is 33.6 Å². The van der Waals surface area contributed by atoms with Gasteiger partial charge in [-0.15, -0.1) is 0 Å². The van der Waals surface area contributed by atoms with Gasteiger partial charge in [0.05, 0.1) is 12.2 Å². The molecule has 1 aromatic carbocycles. The van der Waals surface area contributed by atoms with Crippen molar-refractivity contribution < 1.29 is 19.1 Å². The molecule has 2 rings (SSSR count). The number of carbonyl (C=O) groups is 2. The first-order valence-electron chi connectivity index (χ1n) is 5.03. The van der Waals surface area contributed by atoms with Crippen molar-refractivity contribution in [3.8, 4) is 0 Å². The molecule has 0 spiro atoms. The first-order valence-corrected chi connectivity index (χ1v) is 5.83. The smallest absolute Gasteiger partial charge is 0.349 e. The molecule has 0 aliphatic carbocycles. The van der Waals surface area contributed by atoms with E-state index in [0.29, 0.717) is 11.1 Å². The molecule has 0 amide bonds. The van der Waals surface area contributed by atoms with Gasteiger partial charge in [-0.3, -0.25) is 0 Å². The SMILES string of the molecule is CCOC(=O)/C(Br)=C1\OC(=O)c2ccccc21. The summed E-state index contributed by atoms with van der Waals surface area (Å²) < 4.78 is 10.0. The van der Waals surface area contributed by atoms with E-state index in [-0.39, 0.29) is 16.8 Å². The van der Waals surface area contributed by atoms with E-state index in [1.165, 1.54) is 0 Å². The average molecular weight is 297 g/mol. The molecule has 1 aliphatic rings. The topological polar surface area (TPSA) is 52.6 Å². The standard InChI is InChI=1S/C12H9BrO4/c1-2-16-12(15)9(13)10-7-5-3-4-6-8(7)11(14)17-10/h3-6H,2H2,1H3/b10-9+. The van der Waals surface area contributed by atoms with Crippen LogP contribution in [0.3, 0.4) is 0 Å². The van der Waals surface area contributed by atoms with Crippen LogP contribution in [0.4, 0.5) is 0 Å². The number of cyclic esters (lactones) is 1. The fraction of sp³-hybridized carbons (Fsp3) is 0.167. The molecular formula is C12H9BrO4. The minimum atomic E-state index is -0.549. The molecule has 0 fully saturated rings. The van der Waals surface area contributed by atoms with Crippen LogP contribution in [0.5, 0.6) is 0 Å². The Balaban J connectivity index is 2.46. The highest BCUT2D eigenvalue weighted by molar-refractivity contribution is 9.12. The second-order valence-electron chi connectivity index (χ2n) is 3.30. The molecule has 4 nitrogen and oxygen atoms in total. The lowest BCUT2D eigenvalue weighted by Crippen LogP contribution is -2.05. The lowest BCUT2D eigenvalue weighted by molar-refractivity contribution is -0.137. The number of ether oxygens (including phenoxy) is 2. The number of halogens is 1. The normalized spacial score (nSPS) is 16.2. The molecule has 0 radical (unpaired) electrons. The number of esters is 2. The molecule has 0 atom stereocenters. The lowest BCUT2D eigenvalue weighted by atomic mass is 10.1. The Morgan fingerprint density at radius 1 is 1.35 bits per heavy atom. The van der Waals surface area contributed by atoms with Crippen molar-refractivity contribution in [3.63, 3.8) is 0 Å². The molecule has 0 bridgehead atoms. The fourth-order valence-corrected chi connectivity index (χ4v) is 1.92. The van der Waals surface area contributed by atoms with Crippen LogP contribution in [-0.4, -0.2) is 18.5 Å². The second-order valence-corrected chi connectivity index (χ2v) is 4.09. The number of fused-ring (bicyclic) bond motifs is 1. The third kappa shape index (κ3) is 2.10. The summed E-state index contributed by atoms with van der Waals surface area (Å²) in [5.74, 6) is -0.798. The van der Waals surface area contributed by atoms with Gasteiger partial charge < -0.3 is 9.47 Å². The van der Waals surface area contributed by atoms with E-state index in [0.717, 1.165) is 0 Å². The molecule has 5 heteroatoms. The minimum absolute atomic E-state index is 0.123. The van der Waals surface area contributed by atoms with Crippen LogP contribution in [0.2, 0.25) is 0 Å². The Labute approximate surface area is 106 Å². The maximum absolute atomic E-state index is 11.5. The van der Waals surface area contributed by atoms with Crippen molar-refractivity contribution in [2.45, 2.75) is 6.92 Å². The largest absolute Gasteiger partial charge is 0.462 e. The molecule has 88 valence electrons. The van der Waals surface area contributed by atoms with Crippen LogP contribution in [0.15, 0.2) is 28.7 Å². The van der Waals surface area contributed by atoms with Crippen molar-refractivity contribution in [2.75, 3.05) is 6.61 Å². The van der Waals surface area contributed by atoms with Crippen LogP contribution in [-0.2, 0) is 14.3 Å². The van der Waals surface area contributed by atoms with Crippen LogP contribution in [0, 0.1) is 0 Å². The monoisotopic (exact) mass is 296 g/mol. The third-order valence-corrected chi connectivity index (χ3v) is 2.92. The maximum atomic E-state index is 11.5. The zero-order valence-electron chi connectivity index (χ0n) is 9.03. The zero-order valence-corrected chi connectivity index (χ0v) is 10.6. The van der Waals surface area contributed by atoms with Gasteiger partial charge in [0.1, 0.15) is 4.48 Å². The van der Waals surface area contributed by atoms with Crippen molar-refractivity contribution in [1.29, 1.82) is 0 Å². The zero-order chi connectivity index (χ0) is 12.4. The summed E-state index contributed by atoms with van der Waals surface area (Å²) in [7, 11) is 0. The molecule has 0 unspecified atom stereocenters. The Hall–Kier alpha value is -1.62. The van der Waals surface area contributed by atoms with Crippen molar-refractivity contribution in [2.24, 2.45) is 0 Å². The number of hydrogen-bond donors (Lipinski definition) is 0. The lowest BCUT2D eigenvalue weighted by Gasteiger charge is -2.03. The summed E-state index contributed by atoms with van der Waals surface area (Å²) in [5.41, 5.74) is 1.04. The van der Waals surface area contributed by atoms with Crippen LogP contribution in [0.1, 0.15) is 22.8 Å². The Morgan fingerprint density at radius 3 is 2.65 bits per heavy atom. The van der Waals surface area contributed by atoms with Gasteiger partial charge in [-0.25, -0.2) is 9.59 Å². The predicted molar refractivity (Wildman–Crippen MR) is 64.3 cm³/mol. The molecule has 0 saturated heterocycles. The first-order chi connectivity index (χ1) is 8.15. The highest BCUT2D eigenvalue weighted by Gasteiger charge is 2.30. The van der Waals surface area contributed by atoms with E-state index < -0.39 is 11.9 Å². The van der Waals surface area contributed by atoms with Crippen LogP contribution >= 0.6 is 15.9 Å². The summed E-state index contributed by atoms with van der Waals surface area (Å²) in [6.45, 7) is 1.97. The Bertz CT molecular complexity index is 519. The number of benzene rings is 1. The molecule has 1 aromatic rings. The summed E-state index contributed by atoms with van der Waals surface area (Å²) in [4.78, 5) is 23.1. The van der Waals surface area contributed by atoms with Gasteiger partial charge in [0.2, 0.25) is 0 Å². The quantitative estimate of drug-likeness (QED) is 0.621. The van der Waals surface area contributed by atoms with E-state index in [2.05, 4.69) is 15.9 Å². The van der Waals surface area contributed by atoms with Gasteiger partial charge >= 0.3 is 11.9 Å². The fourth-order valence-electron chi connectivity index (χ4n) is 1.51. The first kappa shape index (κ1) is 11.9. The van der Waals surface area contributed by atoms with Gasteiger partial charge in [-0.2, -0.15) is 0 Å². The molecule has 1 heterocycles. The molecule has 1 aliphatic heterocycles. The number of rotatable bonds is 2. The van der Waals surface area contributed by atoms with E-state index in [9.17, 15) is 9.59 Å². The van der Waals surface area contributed by atoms with E-state index in [1.807, 2.05) is 0 Å². The van der Waals surface area contributed by atoms with Gasteiger partial charge in [0.25, 0.3) is 0 Å². The summed E-state index contributed by atoms with van der Waals surface area (Å²) >= 11 is 3.10. The molecular weight excluding hydrogens is 288 g/mol. The van der Waals surface area contributed by atoms with E-state index >= 15 is 0 Å². The third-order valence-electron chi connectivity index (χ3n) is 2.24. The van der Waals surface area contributed by atoms with Crippen LogP contribution in [0.25, 0.3) is 5.76 Å². The van der Waals surface area contributed by atoms with Gasteiger partial charge in [-0.05, 0) is 28.9 Å². The highest BCUT2D eigenvalue weighted by Crippen LogP contribution is 2.34. The second kappa shape index (κ2) is 4.71.